The van der Waals surface area contributed by atoms with Crippen LogP contribution in [0, 0.1) is 5.82 Å². The second-order valence-corrected chi connectivity index (χ2v) is 3.54. The third kappa shape index (κ3) is 3.62. The summed E-state index contributed by atoms with van der Waals surface area (Å²) in [5, 5.41) is 0. The average Bonchev–Trinajstić information content (AvgIpc) is 2.06. The molecule has 0 heterocycles. The Morgan fingerprint density at radius 1 is 1.27 bits per heavy atom. The van der Waals surface area contributed by atoms with Crippen molar-refractivity contribution in [2.75, 3.05) is 0 Å². The quantitative estimate of drug-likeness (QED) is 0.789. The fourth-order valence-electron chi connectivity index (χ4n) is 0.929. The van der Waals surface area contributed by atoms with Crippen molar-refractivity contribution in [3.05, 3.63) is 34.1 Å². The van der Waals surface area contributed by atoms with Crippen LogP contribution in [-0.4, -0.2) is 6.18 Å². The van der Waals surface area contributed by atoms with Gasteiger partial charge in [0.05, 0.1) is 0 Å². The molecule has 15 heavy (non-hydrogen) atoms. The molecule has 0 spiro atoms. The van der Waals surface area contributed by atoms with Crippen molar-refractivity contribution in [3.63, 3.8) is 0 Å². The second-order valence-electron chi connectivity index (χ2n) is 2.69. The Morgan fingerprint density at radius 2 is 1.80 bits per heavy atom. The summed E-state index contributed by atoms with van der Waals surface area (Å²) in [5.41, 5.74) is 4.61. The molecular formula is C8H7BrClF4N. The van der Waals surface area contributed by atoms with E-state index in [0.29, 0.717) is 0 Å². The number of hydrogen-bond acceptors (Lipinski definition) is 1. The smallest absolute Gasteiger partial charge is 0.316 e. The highest BCUT2D eigenvalue weighted by Crippen LogP contribution is 2.34. The fraction of sp³-hybridized carbons (Fsp3) is 0.250. The number of hydrogen-bond donors (Lipinski definition) is 1. The maximum Gasteiger partial charge on any atom is 0.407 e. The Balaban J connectivity index is 0.00000196. The molecule has 7 heteroatoms. The fourth-order valence-corrected chi connectivity index (χ4v) is 1.42. The highest BCUT2D eigenvalue weighted by Gasteiger charge is 2.38. The molecular weight excluding hydrogens is 301 g/mol. The summed E-state index contributed by atoms with van der Waals surface area (Å²) < 4.78 is 49.3. The van der Waals surface area contributed by atoms with E-state index in [1.54, 1.807) is 0 Å². The first kappa shape index (κ1) is 14.7. The van der Waals surface area contributed by atoms with Gasteiger partial charge in [0.2, 0.25) is 0 Å². The maximum atomic E-state index is 12.7. The number of rotatable bonds is 1. The van der Waals surface area contributed by atoms with Crippen LogP contribution >= 0.6 is 28.3 Å². The van der Waals surface area contributed by atoms with E-state index in [4.69, 9.17) is 5.73 Å². The van der Waals surface area contributed by atoms with Gasteiger partial charge in [0.25, 0.3) is 0 Å². The number of nitrogens with two attached hydrogens (primary N) is 1. The van der Waals surface area contributed by atoms with Crippen LogP contribution in [0.4, 0.5) is 17.6 Å². The molecule has 0 aliphatic heterocycles. The van der Waals surface area contributed by atoms with E-state index in [2.05, 4.69) is 15.9 Å². The summed E-state index contributed by atoms with van der Waals surface area (Å²) in [6, 6.07) is 0.836. The highest BCUT2D eigenvalue weighted by molar-refractivity contribution is 9.10. The first-order chi connectivity index (χ1) is 6.32. The molecule has 0 bridgehead atoms. The van der Waals surface area contributed by atoms with Crippen molar-refractivity contribution >= 4 is 28.3 Å². The lowest BCUT2D eigenvalue weighted by Crippen LogP contribution is -2.28. The van der Waals surface area contributed by atoms with E-state index < -0.39 is 18.0 Å². The molecule has 1 aromatic rings. The molecule has 1 atom stereocenters. The van der Waals surface area contributed by atoms with Gasteiger partial charge in [0, 0.05) is 4.47 Å². The topological polar surface area (TPSA) is 26.0 Å². The molecule has 0 aromatic heterocycles. The first-order valence-corrected chi connectivity index (χ1v) is 4.39. The number of halogens is 6. The van der Waals surface area contributed by atoms with Gasteiger partial charge in [0.15, 0.2) is 0 Å². The van der Waals surface area contributed by atoms with Gasteiger partial charge in [-0.3, -0.25) is 0 Å². The summed E-state index contributed by atoms with van der Waals surface area (Å²) in [6.45, 7) is 0. The normalized spacial score (nSPS) is 13.2. The standard InChI is InChI=1S/C8H6BrF4N.ClH/c9-6-2-1-4(10)3-5(6)7(14)8(11,12)13;/h1-3,7H,14H2;1H/t7-;/m0./s1. The average molecular weight is 308 g/mol. The molecule has 0 saturated heterocycles. The van der Waals surface area contributed by atoms with Crippen LogP contribution in [0.5, 0.6) is 0 Å². The van der Waals surface area contributed by atoms with Crippen molar-refractivity contribution in [3.8, 4) is 0 Å². The van der Waals surface area contributed by atoms with E-state index in [1.165, 1.54) is 6.07 Å². The third-order valence-electron chi connectivity index (χ3n) is 1.65. The van der Waals surface area contributed by atoms with Crippen LogP contribution in [0.2, 0.25) is 0 Å². The molecule has 1 aromatic carbocycles. The Labute approximate surface area is 98.2 Å². The summed E-state index contributed by atoms with van der Waals surface area (Å²) in [4.78, 5) is 0. The summed E-state index contributed by atoms with van der Waals surface area (Å²) >= 11 is 2.88. The lowest BCUT2D eigenvalue weighted by molar-refractivity contribution is -0.149. The monoisotopic (exact) mass is 307 g/mol. The minimum Gasteiger partial charge on any atom is -0.316 e. The number of benzene rings is 1. The van der Waals surface area contributed by atoms with Gasteiger partial charge in [-0.2, -0.15) is 13.2 Å². The molecule has 2 N–H and O–H groups in total. The van der Waals surface area contributed by atoms with Crippen molar-refractivity contribution in [1.82, 2.24) is 0 Å². The van der Waals surface area contributed by atoms with E-state index in [-0.39, 0.29) is 22.4 Å². The van der Waals surface area contributed by atoms with Crippen molar-refractivity contribution in [1.29, 1.82) is 0 Å². The second kappa shape index (κ2) is 5.14. The van der Waals surface area contributed by atoms with Gasteiger partial charge in [-0.25, -0.2) is 4.39 Å². The van der Waals surface area contributed by atoms with E-state index in [1.807, 2.05) is 0 Å². The van der Waals surface area contributed by atoms with Gasteiger partial charge in [0.1, 0.15) is 11.9 Å². The molecule has 0 fully saturated rings. The van der Waals surface area contributed by atoms with Crippen LogP contribution in [0.3, 0.4) is 0 Å². The van der Waals surface area contributed by atoms with E-state index in [0.717, 1.165) is 12.1 Å². The van der Waals surface area contributed by atoms with Crippen LogP contribution < -0.4 is 5.73 Å². The minimum atomic E-state index is -4.57. The SMILES string of the molecule is Cl.N[C@@H](c1cc(F)ccc1Br)C(F)(F)F. The van der Waals surface area contributed by atoms with Crippen molar-refractivity contribution in [2.24, 2.45) is 5.73 Å². The predicted octanol–water partition coefficient (Wildman–Crippen LogP) is 3.57. The Kier molecular flexibility index (Phi) is 5.02. The highest BCUT2D eigenvalue weighted by atomic mass is 79.9. The molecule has 1 rings (SSSR count). The molecule has 86 valence electrons. The lowest BCUT2D eigenvalue weighted by Gasteiger charge is -2.17. The van der Waals surface area contributed by atoms with Gasteiger partial charge < -0.3 is 5.73 Å². The molecule has 0 saturated carbocycles. The zero-order valence-electron chi connectivity index (χ0n) is 7.18. The van der Waals surface area contributed by atoms with E-state index in [9.17, 15) is 17.6 Å². The Morgan fingerprint density at radius 3 is 2.27 bits per heavy atom. The van der Waals surface area contributed by atoms with Crippen LogP contribution in [0.1, 0.15) is 11.6 Å². The van der Waals surface area contributed by atoms with Gasteiger partial charge in [-0.1, -0.05) is 15.9 Å². The third-order valence-corrected chi connectivity index (χ3v) is 2.37. The van der Waals surface area contributed by atoms with Gasteiger partial charge in [-0.05, 0) is 23.8 Å². The van der Waals surface area contributed by atoms with Crippen molar-refractivity contribution in [2.45, 2.75) is 12.2 Å². The first-order valence-electron chi connectivity index (χ1n) is 3.59. The molecule has 0 aliphatic rings. The summed E-state index contributed by atoms with van der Waals surface area (Å²) in [6.07, 6.45) is -4.57. The molecule has 0 unspecified atom stereocenters. The Hall–Kier alpha value is -0.330. The Bertz CT molecular complexity index is 342. The lowest BCUT2D eigenvalue weighted by atomic mass is 10.1. The molecule has 0 radical (unpaired) electrons. The van der Waals surface area contributed by atoms with E-state index >= 15 is 0 Å². The zero-order valence-corrected chi connectivity index (χ0v) is 9.59. The zero-order chi connectivity index (χ0) is 10.9. The number of alkyl halides is 3. The summed E-state index contributed by atoms with van der Waals surface area (Å²) in [7, 11) is 0. The molecule has 0 amide bonds. The molecule has 0 aliphatic carbocycles. The predicted molar refractivity (Wildman–Crippen MR) is 54.3 cm³/mol. The van der Waals surface area contributed by atoms with Crippen molar-refractivity contribution < 1.29 is 17.6 Å². The maximum absolute atomic E-state index is 12.7. The van der Waals surface area contributed by atoms with Crippen LogP contribution in [-0.2, 0) is 0 Å². The minimum absolute atomic E-state index is 0. The van der Waals surface area contributed by atoms with Gasteiger partial charge >= 0.3 is 6.18 Å². The molecule has 1 nitrogen and oxygen atoms in total. The van der Waals surface area contributed by atoms with Gasteiger partial charge in [-0.15, -0.1) is 12.4 Å². The van der Waals surface area contributed by atoms with Crippen LogP contribution in [0.25, 0.3) is 0 Å². The largest absolute Gasteiger partial charge is 0.407 e. The van der Waals surface area contributed by atoms with Crippen LogP contribution in [0.15, 0.2) is 22.7 Å². The summed E-state index contributed by atoms with van der Waals surface area (Å²) in [5.74, 6) is -0.747.